The van der Waals surface area contributed by atoms with Gasteiger partial charge in [0.25, 0.3) is 5.91 Å². The van der Waals surface area contributed by atoms with Crippen molar-refractivity contribution in [2.24, 2.45) is 4.99 Å². The van der Waals surface area contributed by atoms with Crippen molar-refractivity contribution in [2.75, 3.05) is 0 Å². The lowest BCUT2D eigenvalue weighted by Gasteiger charge is -1.96. The Morgan fingerprint density at radius 2 is 2.05 bits per heavy atom. The van der Waals surface area contributed by atoms with Gasteiger partial charge in [-0.3, -0.25) is 9.59 Å². The van der Waals surface area contributed by atoms with Gasteiger partial charge in [0.1, 0.15) is 0 Å². The fourth-order valence-corrected chi connectivity index (χ4v) is 2.25. The summed E-state index contributed by atoms with van der Waals surface area (Å²) in [6.45, 7) is 1.38. The van der Waals surface area contributed by atoms with Crippen molar-refractivity contribution in [3.05, 3.63) is 53.0 Å². The van der Waals surface area contributed by atoms with Crippen LogP contribution in [0.25, 0.3) is 6.08 Å². The van der Waals surface area contributed by atoms with Gasteiger partial charge in [-0.15, -0.1) is 0 Å². The normalized spacial score (nSPS) is 17.0. The first kappa shape index (κ1) is 13.3. The van der Waals surface area contributed by atoms with E-state index in [-0.39, 0.29) is 11.8 Å². The van der Waals surface area contributed by atoms with Crippen LogP contribution in [-0.4, -0.2) is 17.0 Å². The van der Waals surface area contributed by atoms with Gasteiger partial charge in [0.15, 0.2) is 5.17 Å². The molecule has 0 aromatic heterocycles. The van der Waals surface area contributed by atoms with E-state index in [0.717, 1.165) is 17.3 Å². The molecule has 1 aliphatic rings. The Labute approximate surface area is 115 Å². The Morgan fingerprint density at radius 1 is 1.32 bits per heavy atom. The smallest absolute Gasteiger partial charge is 0.286 e. The minimum absolute atomic E-state index is 0.236. The van der Waals surface area contributed by atoms with Crippen molar-refractivity contribution in [3.63, 3.8) is 0 Å². The number of amides is 2. The molecule has 0 unspecified atom stereocenters. The van der Waals surface area contributed by atoms with E-state index in [1.54, 1.807) is 12.2 Å². The monoisotopic (exact) mass is 272 g/mol. The number of hydrogen-bond acceptors (Lipinski definition) is 3. The van der Waals surface area contributed by atoms with Crippen LogP contribution >= 0.6 is 11.8 Å². The van der Waals surface area contributed by atoms with E-state index in [9.17, 15) is 9.59 Å². The summed E-state index contributed by atoms with van der Waals surface area (Å²) in [4.78, 5) is 26.6. The third kappa shape index (κ3) is 3.93. The average molecular weight is 272 g/mol. The molecule has 0 saturated heterocycles. The van der Waals surface area contributed by atoms with Crippen LogP contribution in [-0.2, 0) is 9.59 Å². The summed E-state index contributed by atoms with van der Waals surface area (Å²) in [6, 6.07) is 9.77. The number of amidine groups is 1. The highest BCUT2D eigenvalue weighted by Crippen LogP contribution is 2.25. The number of allylic oxidation sites excluding steroid dienone is 2. The Kier molecular flexibility index (Phi) is 4.30. The topological polar surface area (TPSA) is 58.5 Å². The first-order chi connectivity index (χ1) is 9.15. The number of thioether (sulfide) groups is 1. The first-order valence-electron chi connectivity index (χ1n) is 5.67. The number of nitrogens with one attached hydrogen (secondary N) is 1. The molecule has 1 aromatic carbocycles. The molecule has 96 valence electrons. The molecule has 0 radical (unpaired) electrons. The van der Waals surface area contributed by atoms with Crippen molar-refractivity contribution >= 4 is 34.8 Å². The zero-order chi connectivity index (χ0) is 13.7. The number of aliphatic imine (C=N–C) groups is 1. The summed E-state index contributed by atoms with van der Waals surface area (Å²) in [7, 11) is 0. The van der Waals surface area contributed by atoms with E-state index in [1.165, 1.54) is 6.92 Å². The van der Waals surface area contributed by atoms with Gasteiger partial charge in [-0.25, -0.2) is 0 Å². The molecule has 1 aromatic rings. The van der Waals surface area contributed by atoms with Crippen molar-refractivity contribution in [1.29, 1.82) is 0 Å². The highest BCUT2D eigenvalue weighted by molar-refractivity contribution is 8.18. The fourth-order valence-electron chi connectivity index (χ4n) is 1.44. The first-order valence-corrected chi connectivity index (χ1v) is 6.48. The number of nitrogens with zero attached hydrogens (tertiary/aromatic N) is 1. The summed E-state index contributed by atoms with van der Waals surface area (Å²) >= 11 is 1.16. The van der Waals surface area contributed by atoms with Crippen molar-refractivity contribution < 1.29 is 9.59 Å². The molecule has 1 N–H and O–H groups in total. The van der Waals surface area contributed by atoms with Gasteiger partial charge in [-0.05, 0) is 23.4 Å². The second-order valence-corrected chi connectivity index (χ2v) is 4.84. The van der Waals surface area contributed by atoms with Gasteiger partial charge in [0, 0.05) is 6.92 Å². The molecular weight excluding hydrogens is 260 g/mol. The van der Waals surface area contributed by atoms with Crippen molar-refractivity contribution in [1.82, 2.24) is 5.32 Å². The molecule has 19 heavy (non-hydrogen) atoms. The lowest BCUT2D eigenvalue weighted by atomic mass is 10.2. The number of benzene rings is 1. The van der Waals surface area contributed by atoms with E-state index in [2.05, 4.69) is 10.3 Å². The van der Waals surface area contributed by atoms with Crippen LogP contribution in [0.5, 0.6) is 0 Å². The zero-order valence-electron chi connectivity index (χ0n) is 10.3. The van der Waals surface area contributed by atoms with Gasteiger partial charge in [-0.2, -0.15) is 4.99 Å². The summed E-state index contributed by atoms with van der Waals surface area (Å²) in [5.41, 5.74) is 1.05. The summed E-state index contributed by atoms with van der Waals surface area (Å²) < 4.78 is 0. The fraction of sp³-hybridized carbons (Fsp3) is 0.0714. The summed E-state index contributed by atoms with van der Waals surface area (Å²) in [5, 5.41) is 2.83. The predicted octanol–water partition coefficient (Wildman–Crippen LogP) is 2.35. The van der Waals surface area contributed by atoms with Crippen LogP contribution in [0, 0.1) is 0 Å². The van der Waals surface area contributed by atoms with Crippen molar-refractivity contribution in [3.8, 4) is 0 Å². The Hall–Kier alpha value is -2.14. The number of carbonyl (C=O) groups is 2. The van der Waals surface area contributed by atoms with E-state index >= 15 is 0 Å². The largest absolute Gasteiger partial charge is 0.305 e. The third-order valence-corrected chi connectivity index (χ3v) is 3.16. The maximum atomic E-state index is 11.5. The molecule has 1 aliphatic heterocycles. The van der Waals surface area contributed by atoms with Gasteiger partial charge in [0.05, 0.1) is 4.91 Å². The molecule has 0 bridgehead atoms. The second-order valence-electron chi connectivity index (χ2n) is 3.81. The molecule has 0 atom stereocenters. The van der Waals surface area contributed by atoms with Gasteiger partial charge in [0.2, 0.25) is 5.91 Å². The number of hydrogen-bond donors (Lipinski definition) is 1. The van der Waals surface area contributed by atoms with Crippen molar-refractivity contribution in [2.45, 2.75) is 6.92 Å². The highest BCUT2D eigenvalue weighted by Gasteiger charge is 2.21. The Balaban J connectivity index is 2.01. The minimum Gasteiger partial charge on any atom is -0.305 e. The standard InChI is InChI=1S/C14H12N2O2S/c1-10(17)15-14-16-13(18)12(19-14)9-5-8-11-6-3-2-4-7-11/h2-9H,1H3,(H,15,16,17,18)/b8-5+,12-9-. The second kappa shape index (κ2) is 6.15. The average Bonchev–Trinajstić information content (AvgIpc) is 2.70. The van der Waals surface area contributed by atoms with Crippen LogP contribution in [0.1, 0.15) is 12.5 Å². The van der Waals surface area contributed by atoms with Crippen LogP contribution < -0.4 is 5.32 Å². The molecule has 1 heterocycles. The molecule has 0 fully saturated rings. The van der Waals surface area contributed by atoms with E-state index < -0.39 is 0 Å². The molecule has 4 nitrogen and oxygen atoms in total. The van der Waals surface area contributed by atoms with Crippen LogP contribution in [0.15, 0.2) is 52.4 Å². The molecular formula is C14H12N2O2S. The number of rotatable bonds is 2. The highest BCUT2D eigenvalue weighted by atomic mass is 32.2. The lowest BCUT2D eigenvalue weighted by molar-refractivity contribution is -0.117. The summed E-state index contributed by atoms with van der Waals surface area (Å²) in [6.07, 6.45) is 5.39. The van der Waals surface area contributed by atoms with Crippen LogP contribution in [0.2, 0.25) is 0 Å². The lowest BCUT2D eigenvalue weighted by Crippen LogP contribution is -2.23. The van der Waals surface area contributed by atoms with Gasteiger partial charge >= 0.3 is 0 Å². The maximum absolute atomic E-state index is 11.5. The van der Waals surface area contributed by atoms with Crippen LogP contribution in [0.4, 0.5) is 0 Å². The summed E-state index contributed by atoms with van der Waals surface area (Å²) in [5.74, 6) is -0.563. The van der Waals surface area contributed by atoms with E-state index in [0.29, 0.717) is 10.1 Å². The molecule has 2 amide bonds. The number of carbonyl (C=O) groups excluding carboxylic acids is 2. The van der Waals surface area contributed by atoms with Crippen LogP contribution in [0.3, 0.4) is 0 Å². The Morgan fingerprint density at radius 3 is 2.74 bits per heavy atom. The molecule has 0 saturated carbocycles. The molecule has 5 heteroatoms. The zero-order valence-corrected chi connectivity index (χ0v) is 11.1. The van der Waals surface area contributed by atoms with Gasteiger partial charge in [-0.1, -0.05) is 42.5 Å². The Bertz CT molecular complexity index is 589. The van der Waals surface area contributed by atoms with E-state index in [1.807, 2.05) is 36.4 Å². The predicted molar refractivity (Wildman–Crippen MR) is 77.4 cm³/mol. The quantitative estimate of drug-likeness (QED) is 0.841. The molecule has 0 aliphatic carbocycles. The van der Waals surface area contributed by atoms with E-state index in [4.69, 9.17) is 0 Å². The molecule has 2 rings (SSSR count). The SMILES string of the molecule is CC(=O)NC1=NC(=O)/C(=C/C=C/c2ccccc2)S1. The van der Waals surface area contributed by atoms with Gasteiger partial charge < -0.3 is 5.32 Å². The maximum Gasteiger partial charge on any atom is 0.286 e. The minimum atomic E-state index is -0.327. The molecule has 0 spiro atoms. The third-order valence-electron chi connectivity index (χ3n) is 2.24.